The van der Waals surface area contributed by atoms with Gasteiger partial charge in [-0.15, -0.1) is 12.4 Å². The molecule has 0 heterocycles. The van der Waals surface area contributed by atoms with E-state index < -0.39 is 5.54 Å². The third kappa shape index (κ3) is 7.52. The summed E-state index contributed by atoms with van der Waals surface area (Å²) in [6, 6.07) is 4.91. The van der Waals surface area contributed by atoms with Gasteiger partial charge in [0.15, 0.2) is 0 Å². The van der Waals surface area contributed by atoms with Crippen molar-refractivity contribution in [1.82, 2.24) is 5.32 Å². The van der Waals surface area contributed by atoms with Crippen LogP contribution in [0.4, 0.5) is 0 Å². The second-order valence-corrected chi connectivity index (χ2v) is 5.59. The van der Waals surface area contributed by atoms with E-state index in [0.717, 1.165) is 0 Å². The number of rotatable bonds is 7. The van der Waals surface area contributed by atoms with Crippen LogP contribution in [-0.2, 0) is 4.74 Å². The average molecular weight is 337 g/mol. The molecule has 1 amide bonds. The first kappa shape index (κ1) is 20.0. The lowest BCUT2D eigenvalue weighted by Gasteiger charge is -2.19. The molecule has 0 aliphatic rings. The van der Waals surface area contributed by atoms with Gasteiger partial charge in [0.25, 0.3) is 5.91 Å². The van der Waals surface area contributed by atoms with Crippen LogP contribution < -0.4 is 15.8 Å². The van der Waals surface area contributed by atoms with E-state index in [1.165, 1.54) is 0 Å². The lowest BCUT2D eigenvalue weighted by atomic mass is 10.1. The van der Waals surface area contributed by atoms with E-state index in [-0.39, 0.29) is 18.3 Å². The van der Waals surface area contributed by atoms with Crippen molar-refractivity contribution in [3.05, 3.63) is 28.8 Å². The minimum absolute atomic E-state index is 0. The molecule has 1 aromatic carbocycles. The molecule has 7 heteroatoms. The third-order valence-corrected chi connectivity index (χ3v) is 2.67. The first-order chi connectivity index (χ1) is 9.33. The molecule has 120 valence electrons. The Morgan fingerprint density at radius 1 is 1.38 bits per heavy atom. The Labute approximate surface area is 136 Å². The molecular formula is C14H22Cl2N2O3. The summed E-state index contributed by atoms with van der Waals surface area (Å²) in [5, 5.41) is 3.24. The molecule has 0 spiro atoms. The van der Waals surface area contributed by atoms with E-state index in [2.05, 4.69) is 5.32 Å². The van der Waals surface area contributed by atoms with Crippen molar-refractivity contribution in [1.29, 1.82) is 0 Å². The number of methoxy groups -OCH3 is 1. The predicted molar refractivity (Wildman–Crippen MR) is 86.7 cm³/mol. The van der Waals surface area contributed by atoms with E-state index in [9.17, 15) is 4.79 Å². The second-order valence-electron chi connectivity index (χ2n) is 5.15. The molecule has 0 fully saturated rings. The van der Waals surface area contributed by atoms with E-state index in [0.29, 0.717) is 36.1 Å². The molecule has 1 aromatic rings. The summed E-state index contributed by atoms with van der Waals surface area (Å²) >= 11 is 5.93. The van der Waals surface area contributed by atoms with Gasteiger partial charge < -0.3 is 20.5 Å². The van der Waals surface area contributed by atoms with Crippen LogP contribution >= 0.6 is 24.0 Å². The van der Waals surface area contributed by atoms with Gasteiger partial charge in [-0.1, -0.05) is 11.6 Å². The van der Waals surface area contributed by atoms with Crippen molar-refractivity contribution in [2.75, 3.05) is 26.9 Å². The molecule has 0 bridgehead atoms. The Hall–Kier alpha value is -1.01. The van der Waals surface area contributed by atoms with Crippen LogP contribution in [0.3, 0.4) is 0 Å². The topological polar surface area (TPSA) is 73.6 Å². The van der Waals surface area contributed by atoms with E-state index in [4.69, 9.17) is 26.8 Å². The molecule has 0 aromatic heterocycles. The highest BCUT2D eigenvalue weighted by Gasteiger charge is 2.17. The highest BCUT2D eigenvalue weighted by molar-refractivity contribution is 6.31. The van der Waals surface area contributed by atoms with Crippen molar-refractivity contribution in [3.8, 4) is 5.75 Å². The number of carbonyl (C=O) groups is 1. The summed E-state index contributed by atoms with van der Waals surface area (Å²) in [7, 11) is 1.59. The fourth-order valence-electron chi connectivity index (χ4n) is 1.44. The lowest BCUT2D eigenvalue weighted by molar-refractivity contribution is 0.0938. The maximum absolute atomic E-state index is 12.2. The van der Waals surface area contributed by atoms with Crippen LogP contribution in [0.1, 0.15) is 24.2 Å². The van der Waals surface area contributed by atoms with Gasteiger partial charge in [0.1, 0.15) is 12.4 Å². The number of nitrogens with two attached hydrogens (primary N) is 1. The minimum atomic E-state index is -0.481. The van der Waals surface area contributed by atoms with Crippen LogP contribution in [0.5, 0.6) is 5.75 Å². The molecule has 0 saturated carbocycles. The zero-order valence-electron chi connectivity index (χ0n) is 12.4. The molecule has 1 rings (SSSR count). The minimum Gasteiger partial charge on any atom is -0.490 e. The predicted octanol–water partition coefficient (Wildman–Crippen LogP) is 2.25. The Bertz CT molecular complexity index is 462. The molecule has 0 unspecified atom stereocenters. The molecular weight excluding hydrogens is 315 g/mol. The second kappa shape index (κ2) is 9.10. The molecule has 3 N–H and O–H groups in total. The van der Waals surface area contributed by atoms with Crippen molar-refractivity contribution in [2.45, 2.75) is 19.4 Å². The van der Waals surface area contributed by atoms with E-state index >= 15 is 0 Å². The summed E-state index contributed by atoms with van der Waals surface area (Å²) in [6.07, 6.45) is 0. The normalized spacial score (nSPS) is 10.7. The maximum Gasteiger partial charge on any atom is 0.255 e. The van der Waals surface area contributed by atoms with Crippen LogP contribution in [0, 0.1) is 0 Å². The number of nitrogens with one attached hydrogen (secondary N) is 1. The summed E-state index contributed by atoms with van der Waals surface area (Å²) in [5.41, 5.74) is 5.75. The van der Waals surface area contributed by atoms with Gasteiger partial charge in [-0.3, -0.25) is 4.79 Å². The highest BCUT2D eigenvalue weighted by atomic mass is 35.5. The van der Waals surface area contributed by atoms with Gasteiger partial charge in [-0.2, -0.15) is 0 Å². The maximum atomic E-state index is 12.2. The van der Waals surface area contributed by atoms with Crippen LogP contribution in [0.15, 0.2) is 18.2 Å². The number of hydrogen-bond acceptors (Lipinski definition) is 4. The Kier molecular flexibility index (Phi) is 8.66. The summed E-state index contributed by atoms with van der Waals surface area (Å²) < 4.78 is 10.4. The largest absolute Gasteiger partial charge is 0.490 e. The van der Waals surface area contributed by atoms with Crippen LogP contribution in [0.2, 0.25) is 5.02 Å². The number of halogens is 2. The van der Waals surface area contributed by atoms with Crippen LogP contribution in [-0.4, -0.2) is 38.3 Å². The van der Waals surface area contributed by atoms with Gasteiger partial charge in [-0.25, -0.2) is 0 Å². The van der Waals surface area contributed by atoms with Gasteiger partial charge in [0, 0.05) is 24.2 Å². The lowest BCUT2D eigenvalue weighted by Crippen LogP contribution is -2.45. The SMILES string of the molecule is COCCOc1ccc(Cl)cc1C(=O)NCC(C)(C)N.Cl. The zero-order valence-corrected chi connectivity index (χ0v) is 14.0. The van der Waals surface area contributed by atoms with E-state index in [1.54, 1.807) is 25.3 Å². The van der Waals surface area contributed by atoms with Crippen molar-refractivity contribution in [3.63, 3.8) is 0 Å². The van der Waals surface area contributed by atoms with Crippen molar-refractivity contribution in [2.24, 2.45) is 5.73 Å². The quantitative estimate of drug-likeness (QED) is 0.749. The molecule has 21 heavy (non-hydrogen) atoms. The number of amides is 1. The zero-order chi connectivity index (χ0) is 15.2. The number of hydrogen-bond donors (Lipinski definition) is 2. The first-order valence-electron chi connectivity index (χ1n) is 6.32. The molecule has 0 saturated heterocycles. The first-order valence-corrected chi connectivity index (χ1v) is 6.69. The van der Waals surface area contributed by atoms with Crippen molar-refractivity contribution >= 4 is 29.9 Å². The molecule has 5 nitrogen and oxygen atoms in total. The Morgan fingerprint density at radius 3 is 2.62 bits per heavy atom. The highest BCUT2D eigenvalue weighted by Crippen LogP contribution is 2.23. The Balaban J connectivity index is 0.00000400. The summed E-state index contributed by atoms with van der Waals surface area (Å²) in [4.78, 5) is 12.2. The van der Waals surface area contributed by atoms with Gasteiger partial charge in [-0.05, 0) is 32.0 Å². The molecule has 0 aliphatic carbocycles. The standard InChI is InChI=1S/C14H21ClN2O3.ClH/c1-14(2,16)9-17-13(18)11-8-10(15)4-5-12(11)20-7-6-19-3;/h4-5,8H,6-7,9,16H2,1-3H3,(H,17,18);1H. The summed E-state index contributed by atoms with van der Waals surface area (Å²) in [6.45, 7) is 4.83. The number of benzene rings is 1. The van der Waals surface area contributed by atoms with E-state index in [1.807, 2.05) is 13.8 Å². The smallest absolute Gasteiger partial charge is 0.255 e. The molecule has 0 radical (unpaired) electrons. The monoisotopic (exact) mass is 336 g/mol. The fourth-order valence-corrected chi connectivity index (χ4v) is 1.62. The van der Waals surface area contributed by atoms with Crippen molar-refractivity contribution < 1.29 is 14.3 Å². The van der Waals surface area contributed by atoms with Gasteiger partial charge in [0.05, 0.1) is 12.2 Å². The van der Waals surface area contributed by atoms with Gasteiger partial charge in [0.2, 0.25) is 0 Å². The Morgan fingerprint density at radius 2 is 2.05 bits per heavy atom. The summed E-state index contributed by atoms with van der Waals surface area (Å²) in [5.74, 6) is 0.206. The fraction of sp³-hybridized carbons (Fsp3) is 0.500. The molecule has 0 atom stereocenters. The molecule has 0 aliphatic heterocycles. The van der Waals surface area contributed by atoms with Gasteiger partial charge >= 0.3 is 0 Å². The number of ether oxygens (including phenoxy) is 2. The van der Waals surface area contributed by atoms with Crippen LogP contribution in [0.25, 0.3) is 0 Å². The average Bonchev–Trinajstić information content (AvgIpc) is 2.37. The number of carbonyl (C=O) groups excluding carboxylic acids is 1. The third-order valence-electron chi connectivity index (χ3n) is 2.44.